The first-order chi connectivity index (χ1) is 11.0. The highest BCUT2D eigenvalue weighted by molar-refractivity contribution is 7.86. The molecule has 0 atom stereocenters. The van der Waals surface area contributed by atoms with E-state index in [2.05, 4.69) is 0 Å². The fraction of sp³-hybridized carbons (Fsp3) is 0. The number of rotatable bonds is 4. The summed E-state index contributed by atoms with van der Waals surface area (Å²) < 4.78 is 64.4. The molecular formula is C14H14N2O6S2. The molecule has 0 unspecified atom stereocenters. The number of nitrogen functional groups attached to an aromatic ring is 2. The fourth-order valence-corrected chi connectivity index (χ4v) is 3.78. The first kappa shape index (κ1) is 17.9. The van der Waals surface area contributed by atoms with Crippen molar-refractivity contribution in [2.45, 2.75) is 9.79 Å². The lowest BCUT2D eigenvalue weighted by Crippen LogP contribution is -2.06. The largest absolute Gasteiger partial charge is 0.398 e. The van der Waals surface area contributed by atoms with Gasteiger partial charge in [-0.05, 0) is 23.3 Å². The molecule has 0 saturated heterocycles. The van der Waals surface area contributed by atoms with Crippen molar-refractivity contribution in [1.82, 2.24) is 0 Å². The van der Waals surface area contributed by atoms with Crippen molar-refractivity contribution in [1.29, 1.82) is 0 Å². The van der Waals surface area contributed by atoms with E-state index in [9.17, 15) is 25.9 Å². The molecule has 0 saturated carbocycles. The predicted molar refractivity (Wildman–Crippen MR) is 90.3 cm³/mol. The Bertz CT molecular complexity index is 944. The number of hydrogen-bond donors (Lipinski definition) is 4. The minimum absolute atomic E-state index is 0.0428. The molecule has 0 aliphatic rings. The van der Waals surface area contributed by atoms with Crippen molar-refractivity contribution in [3.05, 3.63) is 47.5 Å². The lowest BCUT2D eigenvalue weighted by atomic mass is 10.1. The second-order valence-electron chi connectivity index (χ2n) is 4.81. The summed E-state index contributed by atoms with van der Waals surface area (Å²) in [7, 11) is -9.17. The Morgan fingerprint density at radius 1 is 0.708 bits per heavy atom. The van der Waals surface area contributed by atoms with Gasteiger partial charge in [-0.3, -0.25) is 9.11 Å². The van der Waals surface area contributed by atoms with Gasteiger partial charge in [0.1, 0.15) is 9.79 Å². The van der Waals surface area contributed by atoms with Crippen LogP contribution in [0.3, 0.4) is 0 Å². The van der Waals surface area contributed by atoms with Gasteiger partial charge < -0.3 is 11.5 Å². The summed E-state index contributed by atoms with van der Waals surface area (Å²) >= 11 is 0. The minimum atomic E-state index is -4.58. The van der Waals surface area contributed by atoms with E-state index < -0.39 is 30.0 Å². The van der Waals surface area contributed by atoms with Crippen molar-refractivity contribution in [2.24, 2.45) is 0 Å². The van der Waals surface area contributed by atoms with Gasteiger partial charge in [-0.15, -0.1) is 0 Å². The van der Waals surface area contributed by atoms with Crippen LogP contribution in [-0.2, 0) is 20.2 Å². The first-order valence-corrected chi connectivity index (χ1v) is 9.30. The molecular weight excluding hydrogens is 356 g/mol. The van der Waals surface area contributed by atoms with Gasteiger partial charge in [-0.25, -0.2) is 0 Å². The van der Waals surface area contributed by atoms with Crippen LogP contribution in [0.15, 0.2) is 46.2 Å². The van der Waals surface area contributed by atoms with Crippen molar-refractivity contribution in [3.8, 4) is 0 Å². The maximum atomic E-state index is 11.5. The third kappa shape index (κ3) is 3.74. The summed E-state index contributed by atoms with van der Waals surface area (Å²) in [5.41, 5.74) is 10.9. The molecule has 6 N–H and O–H groups in total. The maximum Gasteiger partial charge on any atom is 0.297 e. The molecule has 0 aliphatic heterocycles. The molecule has 128 valence electrons. The summed E-state index contributed by atoms with van der Waals surface area (Å²) in [6.07, 6.45) is 2.48. The van der Waals surface area contributed by atoms with Crippen LogP contribution < -0.4 is 11.5 Å². The lowest BCUT2D eigenvalue weighted by molar-refractivity contribution is 0.481. The molecule has 0 amide bonds. The van der Waals surface area contributed by atoms with Crippen LogP contribution in [0.25, 0.3) is 12.2 Å². The molecule has 0 fully saturated rings. The Balaban J connectivity index is 2.64. The second-order valence-corrected chi connectivity index (χ2v) is 7.53. The summed E-state index contributed by atoms with van der Waals surface area (Å²) in [4.78, 5) is -1.00. The first-order valence-electron chi connectivity index (χ1n) is 6.42. The highest BCUT2D eigenvalue weighted by Crippen LogP contribution is 2.27. The van der Waals surface area contributed by atoms with Crippen molar-refractivity contribution < 1.29 is 25.9 Å². The summed E-state index contributed by atoms with van der Waals surface area (Å²) in [5.74, 6) is 0. The van der Waals surface area contributed by atoms with E-state index in [1.54, 1.807) is 0 Å². The Hall–Kier alpha value is -2.40. The van der Waals surface area contributed by atoms with Crippen LogP contribution in [0.1, 0.15) is 11.1 Å². The predicted octanol–water partition coefficient (Wildman–Crippen LogP) is 1.51. The molecule has 2 rings (SSSR count). The average molecular weight is 370 g/mol. The molecule has 0 aromatic heterocycles. The molecule has 0 bridgehead atoms. The quantitative estimate of drug-likeness (QED) is 0.358. The molecule has 2 aromatic carbocycles. The molecule has 0 aliphatic carbocycles. The van der Waals surface area contributed by atoms with Gasteiger partial charge in [0.05, 0.1) is 11.4 Å². The van der Waals surface area contributed by atoms with Crippen LogP contribution in [-0.4, -0.2) is 25.9 Å². The number of nitrogens with two attached hydrogens (primary N) is 2. The van der Waals surface area contributed by atoms with Crippen LogP contribution >= 0.6 is 0 Å². The van der Waals surface area contributed by atoms with Gasteiger partial charge >= 0.3 is 0 Å². The van der Waals surface area contributed by atoms with Crippen molar-refractivity contribution >= 4 is 43.8 Å². The summed E-state index contributed by atoms with van der Waals surface area (Å²) in [6, 6.07) is 8.26. The maximum absolute atomic E-state index is 11.5. The Morgan fingerprint density at radius 2 is 1.04 bits per heavy atom. The van der Waals surface area contributed by atoms with Gasteiger partial charge in [0.2, 0.25) is 0 Å². The smallest absolute Gasteiger partial charge is 0.297 e. The Morgan fingerprint density at radius 3 is 1.33 bits per heavy atom. The summed E-state index contributed by atoms with van der Waals surface area (Å²) in [5, 5.41) is 0. The van der Waals surface area contributed by atoms with Crippen molar-refractivity contribution in [2.75, 3.05) is 11.5 Å². The van der Waals surface area contributed by atoms with E-state index in [1.165, 1.54) is 48.6 Å². The van der Waals surface area contributed by atoms with E-state index in [-0.39, 0.29) is 22.5 Å². The van der Waals surface area contributed by atoms with Gasteiger partial charge in [-0.1, -0.05) is 36.4 Å². The van der Waals surface area contributed by atoms with Gasteiger partial charge in [-0.2, -0.15) is 16.8 Å². The SMILES string of the molecule is Nc1cccc(/C=C/c2cccc(N)c2S(=O)(=O)O)c1S(=O)(=O)O. The van der Waals surface area contributed by atoms with E-state index >= 15 is 0 Å². The minimum Gasteiger partial charge on any atom is -0.398 e. The standard InChI is InChI=1S/C14H14N2O6S2/c15-11-5-1-3-9(13(11)23(17,18)19)7-8-10-4-2-6-12(16)14(10)24(20,21)22/h1-8H,15-16H2,(H,17,18,19)(H,20,21,22)/b8-7+. The zero-order valence-corrected chi connectivity index (χ0v) is 13.8. The molecule has 0 radical (unpaired) electrons. The van der Waals surface area contributed by atoms with E-state index in [1.807, 2.05) is 0 Å². The van der Waals surface area contributed by atoms with Crippen LogP contribution in [0.5, 0.6) is 0 Å². The monoisotopic (exact) mass is 370 g/mol. The zero-order valence-electron chi connectivity index (χ0n) is 12.1. The van der Waals surface area contributed by atoms with Gasteiger partial charge in [0.25, 0.3) is 20.2 Å². The number of hydrogen-bond acceptors (Lipinski definition) is 6. The normalized spacial score (nSPS) is 12.6. The van der Waals surface area contributed by atoms with E-state index in [0.29, 0.717) is 0 Å². The van der Waals surface area contributed by atoms with Crippen LogP contribution in [0, 0.1) is 0 Å². The van der Waals surface area contributed by atoms with Crippen molar-refractivity contribution in [3.63, 3.8) is 0 Å². The zero-order chi connectivity index (χ0) is 18.1. The van der Waals surface area contributed by atoms with E-state index in [0.717, 1.165) is 0 Å². The lowest BCUT2D eigenvalue weighted by Gasteiger charge is -2.08. The molecule has 2 aromatic rings. The Kier molecular flexibility index (Phi) is 4.67. The number of anilines is 2. The highest BCUT2D eigenvalue weighted by Gasteiger charge is 2.19. The Labute approximate surface area is 138 Å². The topological polar surface area (TPSA) is 161 Å². The number of benzene rings is 2. The molecule has 8 nitrogen and oxygen atoms in total. The third-order valence-electron chi connectivity index (χ3n) is 3.11. The van der Waals surface area contributed by atoms with Crippen LogP contribution in [0.2, 0.25) is 0 Å². The fourth-order valence-electron chi connectivity index (χ4n) is 2.18. The molecule has 0 heterocycles. The molecule has 10 heteroatoms. The van der Waals surface area contributed by atoms with Gasteiger partial charge in [0, 0.05) is 0 Å². The third-order valence-corrected chi connectivity index (χ3v) is 5.08. The van der Waals surface area contributed by atoms with Crippen LogP contribution in [0.4, 0.5) is 11.4 Å². The second kappa shape index (κ2) is 6.24. The average Bonchev–Trinajstić information content (AvgIpc) is 2.42. The molecule has 0 spiro atoms. The highest BCUT2D eigenvalue weighted by atomic mass is 32.2. The van der Waals surface area contributed by atoms with E-state index in [4.69, 9.17) is 11.5 Å². The molecule has 24 heavy (non-hydrogen) atoms. The summed E-state index contributed by atoms with van der Waals surface area (Å²) in [6.45, 7) is 0. The van der Waals surface area contributed by atoms with Gasteiger partial charge in [0.15, 0.2) is 0 Å².